The third kappa shape index (κ3) is 1.93. The van der Waals surface area contributed by atoms with Crippen molar-refractivity contribution in [2.24, 2.45) is 0 Å². The van der Waals surface area contributed by atoms with E-state index in [9.17, 15) is 4.79 Å². The Hall–Kier alpha value is -0.570. The van der Waals surface area contributed by atoms with Crippen molar-refractivity contribution in [1.29, 1.82) is 0 Å². The smallest absolute Gasteiger partial charge is 0.222 e. The van der Waals surface area contributed by atoms with E-state index in [1.807, 2.05) is 26.0 Å². The minimum absolute atomic E-state index is 0.289. The molecular formula is C8H16N2O. The maximum atomic E-state index is 11.1. The van der Waals surface area contributed by atoms with E-state index in [4.69, 9.17) is 0 Å². The summed E-state index contributed by atoms with van der Waals surface area (Å²) in [4.78, 5) is 15.1. The molecule has 11 heavy (non-hydrogen) atoms. The molecule has 0 saturated carbocycles. The van der Waals surface area contributed by atoms with Crippen LogP contribution in [-0.4, -0.2) is 49.4 Å². The van der Waals surface area contributed by atoms with E-state index in [1.165, 1.54) is 0 Å². The molecule has 1 saturated heterocycles. The summed E-state index contributed by atoms with van der Waals surface area (Å²) in [7, 11) is 5.97. The highest BCUT2D eigenvalue weighted by molar-refractivity contribution is 5.78. The number of carbonyl (C=O) groups excluding carboxylic acids is 1. The van der Waals surface area contributed by atoms with E-state index in [1.54, 1.807) is 0 Å². The first-order chi connectivity index (χ1) is 5.11. The average Bonchev–Trinajstić information content (AvgIpc) is 2.18. The molecule has 0 aliphatic carbocycles. The second-order valence-electron chi connectivity index (χ2n) is 3.46. The van der Waals surface area contributed by atoms with Gasteiger partial charge in [-0.25, -0.2) is 0 Å². The topological polar surface area (TPSA) is 23.6 Å². The van der Waals surface area contributed by atoms with Crippen LogP contribution in [0.3, 0.4) is 0 Å². The molecule has 0 aromatic heterocycles. The maximum Gasteiger partial charge on any atom is 0.222 e. The number of amides is 1. The van der Waals surface area contributed by atoms with E-state index >= 15 is 0 Å². The van der Waals surface area contributed by atoms with Gasteiger partial charge in [0.2, 0.25) is 5.91 Å². The first-order valence-corrected chi connectivity index (χ1v) is 4.01. The summed E-state index contributed by atoms with van der Waals surface area (Å²) >= 11 is 0. The summed E-state index contributed by atoms with van der Waals surface area (Å²) in [6, 6.07) is 0.442. The number of likely N-dealkylation sites (N-methyl/N-ethyl adjacent to an activating group) is 2. The number of nitrogens with zero attached hydrogens (tertiary/aromatic N) is 2. The fourth-order valence-electron chi connectivity index (χ4n) is 1.50. The van der Waals surface area contributed by atoms with Gasteiger partial charge in [0.1, 0.15) is 0 Å². The second-order valence-corrected chi connectivity index (χ2v) is 3.46. The molecular weight excluding hydrogens is 140 g/mol. The van der Waals surface area contributed by atoms with Crippen LogP contribution in [0.4, 0.5) is 0 Å². The summed E-state index contributed by atoms with van der Waals surface area (Å²) in [5.74, 6) is 0.289. The molecule has 1 aliphatic heterocycles. The lowest BCUT2D eigenvalue weighted by Crippen LogP contribution is -2.36. The molecule has 1 amide bonds. The first kappa shape index (κ1) is 8.53. The quantitative estimate of drug-likeness (QED) is 0.569. The van der Waals surface area contributed by atoms with Gasteiger partial charge in [-0.1, -0.05) is 0 Å². The van der Waals surface area contributed by atoms with Crippen molar-refractivity contribution in [3.8, 4) is 0 Å². The van der Waals surface area contributed by atoms with E-state index in [0.717, 1.165) is 19.4 Å². The van der Waals surface area contributed by atoms with Gasteiger partial charge in [0.15, 0.2) is 0 Å². The maximum absolute atomic E-state index is 11.1. The van der Waals surface area contributed by atoms with Crippen LogP contribution in [0.15, 0.2) is 0 Å². The van der Waals surface area contributed by atoms with Gasteiger partial charge in [-0.3, -0.25) is 4.79 Å². The Morgan fingerprint density at radius 3 is 2.64 bits per heavy atom. The second kappa shape index (κ2) is 3.22. The molecule has 1 heterocycles. The monoisotopic (exact) mass is 156 g/mol. The standard InChI is InChI=1S/C8H16N2O/c1-9(2)6-7-4-5-8(11)10(7)3/h7H,4-6H2,1-3H3/t7-/m0/s1. The summed E-state index contributed by atoms with van der Waals surface area (Å²) < 4.78 is 0. The third-order valence-electron chi connectivity index (χ3n) is 2.21. The highest BCUT2D eigenvalue weighted by Crippen LogP contribution is 2.16. The van der Waals surface area contributed by atoms with Gasteiger partial charge in [0.25, 0.3) is 0 Å². The predicted octanol–water partition coefficient (Wildman–Crippen LogP) is 0.169. The molecule has 0 aromatic rings. The zero-order chi connectivity index (χ0) is 8.43. The molecule has 0 bridgehead atoms. The molecule has 3 nitrogen and oxygen atoms in total. The van der Waals surface area contributed by atoms with Crippen LogP contribution in [0, 0.1) is 0 Å². The first-order valence-electron chi connectivity index (χ1n) is 4.01. The van der Waals surface area contributed by atoms with Crippen LogP contribution in [0.25, 0.3) is 0 Å². The van der Waals surface area contributed by atoms with Crippen molar-refractivity contribution in [1.82, 2.24) is 9.80 Å². The molecule has 0 spiro atoms. The lowest BCUT2D eigenvalue weighted by molar-refractivity contribution is -0.127. The van der Waals surface area contributed by atoms with Gasteiger partial charge >= 0.3 is 0 Å². The van der Waals surface area contributed by atoms with Crippen LogP contribution in [0.2, 0.25) is 0 Å². The van der Waals surface area contributed by atoms with Gasteiger partial charge < -0.3 is 9.80 Å². The van der Waals surface area contributed by atoms with Crippen LogP contribution in [0.1, 0.15) is 12.8 Å². The van der Waals surface area contributed by atoms with Crippen LogP contribution in [0.5, 0.6) is 0 Å². The summed E-state index contributed by atoms with van der Waals surface area (Å²) in [6.45, 7) is 0.988. The molecule has 0 unspecified atom stereocenters. The van der Waals surface area contributed by atoms with E-state index in [0.29, 0.717) is 6.04 Å². The van der Waals surface area contributed by atoms with Crippen LogP contribution >= 0.6 is 0 Å². The van der Waals surface area contributed by atoms with Crippen molar-refractivity contribution in [3.63, 3.8) is 0 Å². The minimum atomic E-state index is 0.289. The van der Waals surface area contributed by atoms with Gasteiger partial charge in [0, 0.05) is 26.1 Å². The fourth-order valence-corrected chi connectivity index (χ4v) is 1.50. The molecule has 0 aromatic carbocycles. The molecule has 1 fully saturated rings. The Bertz CT molecular complexity index is 156. The zero-order valence-electron chi connectivity index (χ0n) is 7.50. The van der Waals surface area contributed by atoms with Gasteiger partial charge in [-0.15, -0.1) is 0 Å². The SMILES string of the molecule is CN(C)C[C@@H]1CCC(=O)N1C. The normalized spacial score (nSPS) is 25.3. The predicted molar refractivity (Wildman–Crippen MR) is 44.3 cm³/mol. The van der Waals surface area contributed by atoms with Crippen LogP contribution < -0.4 is 0 Å². The number of carbonyl (C=O) groups is 1. The third-order valence-corrected chi connectivity index (χ3v) is 2.21. The summed E-state index contributed by atoms with van der Waals surface area (Å²) in [6.07, 6.45) is 1.75. The van der Waals surface area contributed by atoms with Crippen molar-refractivity contribution < 1.29 is 4.79 Å². The number of hydrogen-bond donors (Lipinski definition) is 0. The Labute approximate surface area is 68.0 Å². The molecule has 1 rings (SSSR count). The van der Waals surface area contributed by atoms with Crippen molar-refractivity contribution >= 4 is 5.91 Å². The minimum Gasteiger partial charge on any atom is -0.341 e. The molecule has 3 heteroatoms. The van der Waals surface area contributed by atoms with E-state index < -0.39 is 0 Å². The Morgan fingerprint density at radius 2 is 2.27 bits per heavy atom. The molecule has 0 radical (unpaired) electrons. The largest absolute Gasteiger partial charge is 0.341 e. The lowest BCUT2D eigenvalue weighted by atomic mass is 10.2. The Morgan fingerprint density at radius 1 is 1.64 bits per heavy atom. The van der Waals surface area contributed by atoms with E-state index in [-0.39, 0.29) is 5.91 Å². The highest BCUT2D eigenvalue weighted by Gasteiger charge is 2.27. The van der Waals surface area contributed by atoms with Crippen molar-refractivity contribution in [2.75, 3.05) is 27.7 Å². The molecule has 64 valence electrons. The molecule has 0 N–H and O–H groups in total. The number of rotatable bonds is 2. The van der Waals surface area contributed by atoms with Gasteiger partial charge in [0.05, 0.1) is 0 Å². The Kier molecular flexibility index (Phi) is 2.49. The van der Waals surface area contributed by atoms with E-state index in [2.05, 4.69) is 4.90 Å². The highest BCUT2D eigenvalue weighted by atomic mass is 16.2. The lowest BCUT2D eigenvalue weighted by Gasteiger charge is -2.22. The fraction of sp³-hybridized carbons (Fsp3) is 0.875. The van der Waals surface area contributed by atoms with Crippen LogP contribution in [-0.2, 0) is 4.79 Å². The number of likely N-dealkylation sites (tertiary alicyclic amines) is 1. The summed E-state index contributed by atoms with van der Waals surface area (Å²) in [5.41, 5.74) is 0. The van der Waals surface area contributed by atoms with Gasteiger partial charge in [-0.2, -0.15) is 0 Å². The zero-order valence-corrected chi connectivity index (χ0v) is 7.50. The Balaban J connectivity index is 2.42. The van der Waals surface area contributed by atoms with Crippen molar-refractivity contribution in [2.45, 2.75) is 18.9 Å². The van der Waals surface area contributed by atoms with Crippen molar-refractivity contribution in [3.05, 3.63) is 0 Å². The summed E-state index contributed by atoms with van der Waals surface area (Å²) in [5, 5.41) is 0. The average molecular weight is 156 g/mol. The molecule has 1 atom stereocenters. The van der Waals surface area contributed by atoms with Gasteiger partial charge in [-0.05, 0) is 20.5 Å². The number of hydrogen-bond acceptors (Lipinski definition) is 2. The molecule has 1 aliphatic rings.